The fourth-order valence-electron chi connectivity index (χ4n) is 7.24. The molecule has 1 aliphatic rings. The number of hydrogen-bond donors (Lipinski definition) is 10. The molecule has 68 heavy (non-hydrogen) atoms. The number of hydrazone groups is 2. The molecule has 0 bridgehead atoms. The van der Waals surface area contributed by atoms with Crippen LogP contribution in [0, 0.1) is 0 Å². The highest BCUT2D eigenvalue weighted by Gasteiger charge is 2.39. The molecule has 0 spiro atoms. The lowest BCUT2D eigenvalue weighted by molar-refractivity contribution is -0.145. The Kier molecular flexibility index (Phi) is 21.6. The number of phenolic OH excluding ortho intramolecular Hbond substituents is 2. The molecule has 23 heteroatoms. The van der Waals surface area contributed by atoms with Crippen LogP contribution in [0.4, 0.5) is 0 Å². The molecule has 1 fully saturated rings. The average Bonchev–Trinajstić information content (AvgIpc) is 3.82. The van der Waals surface area contributed by atoms with Crippen LogP contribution >= 0.6 is 24.4 Å². The second kappa shape index (κ2) is 27.5. The Hall–Kier alpha value is -7.13. The number of aliphatic carboxylic acids is 1. The summed E-state index contributed by atoms with van der Waals surface area (Å²) >= 11 is 9.31. The SMILES string of the molecule is N[C@@H](Cc1ccc(O)cc1)C(=O)N[C@H](CCCCN(N=C=S)N=C=S)C(=O)N[C@@H](Cc1ccccc1)C(=O)NCC(=O)N[C@@H](Cc1ccc(O)cc1)C(=O)N1CCC[C@H]1C(=O)N[C@@H](CO)C(=O)O. The van der Waals surface area contributed by atoms with Crippen LogP contribution < -0.4 is 32.3 Å². The average molecular weight is 975 g/mol. The molecule has 0 aliphatic carbocycles. The largest absolute Gasteiger partial charge is 0.508 e. The predicted molar refractivity (Wildman–Crippen MR) is 253 cm³/mol. The van der Waals surface area contributed by atoms with Gasteiger partial charge in [-0.2, -0.15) is 5.12 Å². The van der Waals surface area contributed by atoms with Crippen molar-refractivity contribution in [3.05, 3.63) is 95.6 Å². The number of carboxylic acid groups (broad SMARTS) is 1. The van der Waals surface area contributed by atoms with Gasteiger partial charge in [0.2, 0.25) is 35.4 Å². The third kappa shape index (κ3) is 17.3. The summed E-state index contributed by atoms with van der Waals surface area (Å²) in [4.78, 5) is 95.1. The van der Waals surface area contributed by atoms with E-state index in [1.807, 2.05) is 0 Å². The second-order valence-electron chi connectivity index (χ2n) is 15.7. The Labute approximate surface area is 402 Å². The first kappa shape index (κ1) is 53.5. The number of aliphatic hydroxyl groups excluding tert-OH is 1. The number of nitrogens with one attached hydrogen (secondary N) is 5. The first-order chi connectivity index (χ1) is 32.6. The molecular weight excluding hydrogens is 921 g/mol. The zero-order valence-electron chi connectivity index (χ0n) is 36.8. The lowest BCUT2D eigenvalue weighted by atomic mass is 10.0. The van der Waals surface area contributed by atoms with E-state index in [4.69, 9.17) is 5.73 Å². The summed E-state index contributed by atoms with van der Waals surface area (Å²) in [5.74, 6) is -5.97. The molecule has 11 N–H and O–H groups in total. The number of carbonyl (C=O) groups excluding carboxylic acids is 6. The van der Waals surface area contributed by atoms with Gasteiger partial charge in [-0.15, -0.1) is 0 Å². The maximum atomic E-state index is 14.1. The Balaban J connectivity index is 1.51. The van der Waals surface area contributed by atoms with Gasteiger partial charge in [0.1, 0.15) is 41.7 Å². The van der Waals surface area contributed by atoms with Gasteiger partial charge in [-0.25, -0.2) is 4.79 Å². The van der Waals surface area contributed by atoms with E-state index >= 15 is 0 Å². The number of carbonyl (C=O) groups is 7. The minimum atomic E-state index is -1.60. The third-order valence-corrected chi connectivity index (χ3v) is 10.9. The van der Waals surface area contributed by atoms with Crippen LogP contribution in [0.3, 0.4) is 0 Å². The number of nitrogens with zero attached hydrogens (tertiary/aromatic N) is 4. The van der Waals surface area contributed by atoms with Crippen LogP contribution in [0.25, 0.3) is 0 Å². The minimum absolute atomic E-state index is 0.0307. The van der Waals surface area contributed by atoms with E-state index in [2.05, 4.69) is 71.5 Å². The fourth-order valence-corrected chi connectivity index (χ4v) is 7.42. The number of thiocarbonyl (C=S) groups is 2. The number of aromatic hydroxyl groups is 2. The molecule has 1 saturated heterocycles. The Morgan fingerprint density at radius 1 is 0.721 bits per heavy atom. The summed E-state index contributed by atoms with van der Waals surface area (Å²) in [6.07, 6.45) is 1.29. The van der Waals surface area contributed by atoms with Gasteiger partial charge in [-0.3, -0.25) is 28.8 Å². The summed E-state index contributed by atoms with van der Waals surface area (Å²) in [5.41, 5.74) is 8.07. The highest BCUT2D eigenvalue weighted by Crippen LogP contribution is 2.21. The van der Waals surface area contributed by atoms with Crippen molar-refractivity contribution in [2.45, 2.75) is 87.6 Å². The maximum absolute atomic E-state index is 14.1. The van der Waals surface area contributed by atoms with Crippen molar-refractivity contribution in [1.29, 1.82) is 0 Å². The van der Waals surface area contributed by atoms with Crippen LogP contribution in [0.2, 0.25) is 0 Å². The van der Waals surface area contributed by atoms with Crippen molar-refractivity contribution in [3.8, 4) is 11.5 Å². The first-order valence-electron chi connectivity index (χ1n) is 21.5. The summed E-state index contributed by atoms with van der Waals surface area (Å²) in [7, 11) is 0. The number of carboxylic acids is 1. The fraction of sp³-hybridized carbons (Fsp3) is 0.400. The number of hydrogen-bond acceptors (Lipinski definition) is 16. The molecule has 6 atom stereocenters. The molecule has 21 nitrogen and oxygen atoms in total. The Morgan fingerprint density at radius 3 is 1.88 bits per heavy atom. The van der Waals surface area contributed by atoms with Crippen molar-refractivity contribution in [2.75, 3.05) is 26.2 Å². The molecule has 1 heterocycles. The number of benzene rings is 3. The van der Waals surface area contributed by atoms with Crippen molar-refractivity contribution >= 4 is 76.2 Å². The zero-order valence-corrected chi connectivity index (χ0v) is 38.4. The van der Waals surface area contributed by atoms with Crippen LogP contribution in [-0.4, -0.2) is 145 Å². The molecular formula is C45H54N10O11S2. The minimum Gasteiger partial charge on any atom is -0.508 e. The number of amides is 6. The van der Waals surface area contributed by atoms with Gasteiger partial charge in [0.05, 0.1) is 36.1 Å². The molecule has 362 valence electrons. The van der Waals surface area contributed by atoms with E-state index in [-0.39, 0.29) is 56.7 Å². The highest BCUT2D eigenvalue weighted by molar-refractivity contribution is 7.78. The summed E-state index contributed by atoms with van der Waals surface area (Å²) in [6, 6.07) is 13.0. The van der Waals surface area contributed by atoms with Gasteiger partial charge >= 0.3 is 5.97 Å². The van der Waals surface area contributed by atoms with E-state index in [1.165, 1.54) is 46.4 Å². The number of phenols is 2. The van der Waals surface area contributed by atoms with E-state index in [0.717, 1.165) is 0 Å². The van der Waals surface area contributed by atoms with Crippen LogP contribution in [0.1, 0.15) is 48.8 Å². The lowest BCUT2D eigenvalue weighted by Crippen LogP contribution is -2.58. The first-order valence-corrected chi connectivity index (χ1v) is 22.3. The molecule has 0 radical (unpaired) electrons. The molecule has 6 amide bonds. The van der Waals surface area contributed by atoms with Gasteiger partial charge in [-0.1, -0.05) is 64.8 Å². The van der Waals surface area contributed by atoms with Gasteiger partial charge < -0.3 is 57.6 Å². The molecule has 4 rings (SSSR count). The summed E-state index contributed by atoms with van der Waals surface area (Å²) < 4.78 is 0. The van der Waals surface area contributed by atoms with Crippen molar-refractivity contribution in [3.63, 3.8) is 0 Å². The lowest BCUT2D eigenvalue weighted by Gasteiger charge is -2.29. The van der Waals surface area contributed by atoms with Gasteiger partial charge in [0, 0.05) is 19.4 Å². The van der Waals surface area contributed by atoms with E-state index < -0.39 is 90.8 Å². The molecule has 0 unspecified atom stereocenters. The number of unbranched alkanes of at least 4 members (excludes halogenated alkanes) is 1. The van der Waals surface area contributed by atoms with Gasteiger partial charge in [-0.05, 0) is 104 Å². The summed E-state index contributed by atoms with van der Waals surface area (Å²) in [6.45, 7) is -1.24. The van der Waals surface area contributed by atoms with Crippen molar-refractivity contribution in [1.82, 2.24) is 36.6 Å². The van der Waals surface area contributed by atoms with Crippen LogP contribution in [0.5, 0.6) is 11.5 Å². The predicted octanol–water partition coefficient (Wildman–Crippen LogP) is 0.0842. The van der Waals surface area contributed by atoms with Gasteiger partial charge in [0.15, 0.2) is 0 Å². The molecule has 1 aliphatic heterocycles. The zero-order chi connectivity index (χ0) is 49.6. The van der Waals surface area contributed by atoms with E-state index in [1.54, 1.807) is 42.5 Å². The second-order valence-corrected chi connectivity index (χ2v) is 16.1. The van der Waals surface area contributed by atoms with Gasteiger partial charge in [0.25, 0.3) is 0 Å². The number of rotatable bonds is 26. The van der Waals surface area contributed by atoms with E-state index in [0.29, 0.717) is 36.0 Å². The van der Waals surface area contributed by atoms with Crippen LogP contribution in [0.15, 0.2) is 89.1 Å². The molecule has 3 aromatic carbocycles. The number of nitrogens with two attached hydrogens (primary N) is 1. The molecule has 0 aromatic heterocycles. The third-order valence-electron chi connectivity index (χ3n) is 10.8. The van der Waals surface area contributed by atoms with Crippen molar-refractivity contribution < 1.29 is 54.0 Å². The van der Waals surface area contributed by atoms with Crippen molar-refractivity contribution in [2.24, 2.45) is 15.9 Å². The number of isothiocyanates is 2. The topological polar surface area (TPSA) is 318 Å². The Morgan fingerprint density at radius 2 is 1.29 bits per heavy atom. The number of aliphatic hydroxyl groups is 1. The Bertz CT molecular complexity index is 2300. The summed E-state index contributed by atoms with van der Waals surface area (Å²) in [5, 5.41) is 64.2. The monoisotopic (exact) mass is 974 g/mol. The molecule has 0 saturated carbocycles. The molecule has 3 aromatic rings. The maximum Gasteiger partial charge on any atom is 0.328 e. The smallest absolute Gasteiger partial charge is 0.328 e. The normalized spacial score (nSPS) is 15.1. The van der Waals surface area contributed by atoms with Crippen LogP contribution in [-0.2, 0) is 52.8 Å². The quantitative estimate of drug-likeness (QED) is 0.0221. The van der Waals surface area contributed by atoms with E-state index in [9.17, 15) is 54.0 Å². The number of likely N-dealkylation sites (tertiary alicyclic amines) is 1. The highest BCUT2D eigenvalue weighted by atomic mass is 32.1. The standard InChI is InChI=1S/C45H54N10O11S2/c46-33(21-29-11-15-31(57)16-12-29)40(60)51-34(9-4-5-20-55(48-26-67)49-27-68)42(62)52-35(22-28-7-2-1-3-8-28)41(61)47-24-39(59)50-36(23-30-13-17-32(58)18-14-30)44(64)54-19-6-10-38(54)43(63)53-37(25-56)45(65)66/h1-3,7-8,11-18,33-38,56-58H,4-6,9-10,19-25,46H2,(H,47,61)(H,50,59)(H,51,60)(H,52,62)(H,53,63)(H,65,66)/t33-,34+,35-,36-,37-,38-/m0/s1.